The molecule has 0 unspecified atom stereocenters. The number of nitrogens with zero attached hydrogens (tertiary/aromatic N) is 3. The average Bonchev–Trinajstić information content (AvgIpc) is 3.51. The lowest BCUT2D eigenvalue weighted by atomic mass is 9.99. The number of imidazole rings is 1. The van der Waals surface area contributed by atoms with E-state index < -0.39 is 0 Å². The summed E-state index contributed by atoms with van der Waals surface area (Å²) in [7, 11) is 0. The van der Waals surface area contributed by atoms with Crippen LogP contribution in [0, 0.1) is 6.92 Å². The smallest absolute Gasteiger partial charge is 0.149 e. The Balaban J connectivity index is 1.51. The molecule has 4 heteroatoms. The lowest BCUT2D eigenvalue weighted by Crippen LogP contribution is -1.97. The van der Waals surface area contributed by atoms with Gasteiger partial charge in [-0.25, -0.2) is 4.98 Å². The third kappa shape index (κ3) is 2.90. The van der Waals surface area contributed by atoms with Crippen LogP contribution < -0.4 is 0 Å². The number of aromatic nitrogens is 3. The van der Waals surface area contributed by atoms with Crippen molar-refractivity contribution < 1.29 is 4.42 Å². The number of pyridine rings is 1. The second-order valence-corrected chi connectivity index (χ2v) is 9.53. The van der Waals surface area contributed by atoms with E-state index in [1.54, 1.807) is 0 Å². The molecule has 0 radical (unpaired) electrons. The number of para-hydroxylation sites is 2. The van der Waals surface area contributed by atoms with Crippen LogP contribution in [0.15, 0.2) is 114 Å². The Bertz CT molecular complexity index is 2150. The van der Waals surface area contributed by atoms with Gasteiger partial charge in [0.1, 0.15) is 22.5 Å². The van der Waals surface area contributed by atoms with E-state index in [0.717, 1.165) is 61.1 Å². The molecule has 8 aromatic rings. The van der Waals surface area contributed by atoms with Crippen molar-refractivity contribution in [2.75, 3.05) is 0 Å². The van der Waals surface area contributed by atoms with Crippen molar-refractivity contribution in [1.82, 2.24) is 14.5 Å². The van der Waals surface area contributed by atoms with Crippen molar-refractivity contribution in [1.29, 1.82) is 0 Å². The Hall–Kier alpha value is -4.96. The first-order chi connectivity index (χ1) is 18.3. The molecule has 0 aliphatic heterocycles. The Morgan fingerprint density at radius 1 is 0.676 bits per heavy atom. The summed E-state index contributed by atoms with van der Waals surface area (Å²) in [4.78, 5) is 9.58. The van der Waals surface area contributed by atoms with Gasteiger partial charge in [0.05, 0.1) is 17.3 Å². The minimum atomic E-state index is 0.840. The summed E-state index contributed by atoms with van der Waals surface area (Å²) >= 11 is 0. The van der Waals surface area contributed by atoms with Crippen LogP contribution in [0.3, 0.4) is 0 Å². The number of aryl methyl sites for hydroxylation is 1. The molecule has 0 saturated carbocycles. The quantitative estimate of drug-likeness (QED) is 0.235. The molecule has 4 nitrogen and oxygen atoms in total. The summed E-state index contributed by atoms with van der Waals surface area (Å²) in [6, 6.07) is 36.0. The first-order valence-corrected chi connectivity index (χ1v) is 12.4. The standard InChI is InChI=1S/C33H21N3O/c1-20-18-29-28(19-34-20)35-33(36(29)23-9-3-2-4-10-23)27-13-7-12-25-26-17-16-22-15-14-21-8-5-6-11-24(21)30(22)32(26)37-31(25)27/h2-19H,1H3. The fraction of sp³-hybridized carbons (Fsp3) is 0.0303. The molecule has 3 aromatic heterocycles. The van der Waals surface area contributed by atoms with Gasteiger partial charge in [0.15, 0.2) is 0 Å². The topological polar surface area (TPSA) is 43.9 Å². The second kappa shape index (κ2) is 7.52. The van der Waals surface area contributed by atoms with E-state index in [1.165, 1.54) is 16.2 Å². The molecule has 3 heterocycles. The SMILES string of the molecule is Cc1cc2c(cn1)nc(-c1cccc3c1oc1c3ccc3ccc4ccccc4c31)n2-c1ccccc1. The van der Waals surface area contributed by atoms with Gasteiger partial charge in [0.25, 0.3) is 0 Å². The largest absolute Gasteiger partial charge is 0.455 e. The molecule has 0 aliphatic rings. The molecular formula is C33H21N3O. The van der Waals surface area contributed by atoms with Crippen LogP contribution in [-0.2, 0) is 0 Å². The van der Waals surface area contributed by atoms with E-state index in [4.69, 9.17) is 9.40 Å². The Morgan fingerprint density at radius 2 is 1.43 bits per heavy atom. The maximum absolute atomic E-state index is 6.80. The number of hydrogen-bond acceptors (Lipinski definition) is 3. The van der Waals surface area contributed by atoms with E-state index in [9.17, 15) is 0 Å². The van der Waals surface area contributed by atoms with Gasteiger partial charge in [0, 0.05) is 27.5 Å². The zero-order valence-corrected chi connectivity index (χ0v) is 20.1. The van der Waals surface area contributed by atoms with Crippen LogP contribution in [0.4, 0.5) is 0 Å². The van der Waals surface area contributed by atoms with Crippen LogP contribution in [0.2, 0.25) is 0 Å². The predicted octanol–water partition coefficient (Wildman–Crippen LogP) is 8.60. The van der Waals surface area contributed by atoms with Crippen molar-refractivity contribution in [3.8, 4) is 17.1 Å². The van der Waals surface area contributed by atoms with Crippen LogP contribution in [-0.4, -0.2) is 14.5 Å². The number of hydrogen-bond donors (Lipinski definition) is 0. The van der Waals surface area contributed by atoms with Crippen molar-refractivity contribution in [2.24, 2.45) is 0 Å². The molecule has 174 valence electrons. The van der Waals surface area contributed by atoms with Gasteiger partial charge in [0.2, 0.25) is 0 Å². The summed E-state index contributed by atoms with van der Waals surface area (Å²) in [6.45, 7) is 2.01. The monoisotopic (exact) mass is 475 g/mol. The van der Waals surface area contributed by atoms with Crippen molar-refractivity contribution in [2.45, 2.75) is 6.92 Å². The molecule has 0 atom stereocenters. The fourth-order valence-corrected chi connectivity index (χ4v) is 5.62. The van der Waals surface area contributed by atoms with E-state index in [0.29, 0.717) is 0 Å². The van der Waals surface area contributed by atoms with Crippen LogP contribution in [0.5, 0.6) is 0 Å². The molecule has 5 aromatic carbocycles. The highest BCUT2D eigenvalue weighted by atomic mass is 16.3. The first-order valence-electron chi connectivity index (χ1n) is 12.4. The minimum Gasteiger partial charge on any atom is -0.455 e. The zero-order valence-electron chi connectivity index (χ0n) is 20.1. The Morgan fingerprint density at radius 3 is 2.35 bits per heavy atom. The number of furan rings is 1. The highest BCUT2D eigenvalue weighted by Gasteiger charge is 2.21. The van der Waals surface area contributed by atoms with E-state index in [1.807, 2.05) is 19.2 Å². The molecule has 0 amide bonds. The lowest BCUT2D eigenvalue weighted by Gasteiger charge is -2.10. The van der Waals surface area contributed by atoms with E-state index in [-0.39, 0.29) is 0 Å². The van der Waals surface area contributed by atoms with Gasteiger partial charge in [-0.15, -0.1) is 0 Å². The molecular weight excluding hydrogens is 454 g/mol. The Labute approximate surface area is 212 Å². The second-order valence-electron chi connectivity index (χ2n) is 9.53. The van der Waals surface area contributed by atoms with Crippen LogP contribution in [0.1, 0.15) is 5.69 Å². The van der Waals surface area contributed by atoms with Crippen molar-refractivity contribution in [3.63, 3.8) is 0 Å². The maximum atomic E-state index is 6.80. The average molecular weight is 476 g/mol. The predicted molar refractivity (Wildman–Crippen MR) is 151 cm³/mol. The van der Waals surface area contributed by atoms with Gasteiger partial charge < -0.3 is 4.42 Å². The normalized spacial score (nSPS) is 11.9. The summed E-state index contributed by atoms with van der Waals surface area (Å²) in [5, 5.41) is 6.92. The van der Waals surface area contributed by atoms with Gasteiger partial charge in [-0.3, -0.25) is 9.55 Å². The van der Waals surface area contributed by atoms with Crippen molar-refractivity contribution in [3.05, 3.63) is 115 Å². The summed E-state index contributed by atoms with van der Waals surface area (Å²) < 4.78 is 9.01. The first kappa shape index (κ1) is 20.3. The van der Waals surface area contributed by atoms with Crippen LogP contribution in [0.25, 0.3) is 71.6 Å². The van der Waals surface area contributed by atoms with Gasteiger partial charge in [-0.2, -0.15) is 0 Å². The molecule has 0 bridgehead atoms. The molecule has 0 spiro atoms. The number of fused-ring (bicyclic) bond motifs is 8. The third-order valence-corrected chi connectivity index (χ3v) is 7.30. The molecule has 0 aliphatic carbocycles. The molecule has 0 N–H and O–H groups in total. The maximum Gasteiger partial charge on any atom is 0.149 e. The van der Waals surface area contributed by atoms with E-state index in [2.05, 4.69) is 107 Å². The number of benzene rings is 5. The van der Waals surface area contributed by atoms with Gasteiger partial charge in [-0.1, -0.05) is 72.8 Å². The lowest BCUT2D eigenvalue weighted by molar-refractivity contribution is 0.673. The summed E-state index contributed by atoms with van der Waals surface area (Å²) in [6.07, 6.45) is 1.85. The highest BCUT2D eigenvalue weighted by molar-refractivity contribution is 6.23. The molecule has 0 fully saturated rings. The number of rotatable bonds is 2. The summed E-state index contributed by atoms with van der Waals surface area (Å²) in [5.41, 5.74) is 6.60. The molecule has 8 rings (SSSR count). The van der Waals surface area contributed by atoms with Gasteiger partial charge >= 0.3 is 0 Å². The Kier molecular flexibility index (Phi) is 4.12. The van der Waals surface area contributed by atoms with E-state index >= 15 is 0 Å². The minimum absolute atomic E-state index is 0.840. The highest BCUT2D eigenvalue weighted by Crippen LogP contribution is 2.41. The molecule has 37 heavy (non-hydrogen) atoms. The van der Waals surface area contributed by atoms with Crippen LogP contribution >= 0.6 is 0 Å². The zero-order chi connectivity index (χ0) is 24.5. The summed E-state index contributed by atoms with van der Waals surface area (Å²) in [5.74, 6) is 0.840. The molecule has 0 saturated heterocycles. The van der Waals surface area contributed by atoms with Crippen molar-refractivity contribution >= 4 is 54.5 Å². The fourth-order valence-electron chi connectivity index (χ4n) is 5.62. The van der Waals surface area contributed by atoms with Gasteiger partial charge in [-0.05, 0) is 53.4 Å². The third-order valence-electron chi connectivity index (χ3n) is 7.30.